The fourth-order valence-corrected chi connectivity index (χ4v) is 7.09. The van der Waals surface area contributed by atoms with Gasteiger partial charge in [-0.2, -0.15) is 0 Å². The summed E-state index contributed by atoms with van der Waals surface area (Å²) in [6, 6.07) is 6.57. The number of likely N-dealkylation sites (N-methyl/N-ethyl adjacent to an activating group) is 2. The van der Waals surface area contributed by atoms with E-state index in [1.165, 1.54) is 0 Å². The van der Waals surface area contributed by atoms with Crippen LogP contribution in [0.3, 0.4) is 0 Å². The zero-order valence-corrected chi connectivity index (χ0v) is 31.0. The third kappa shape index (κ3) is 10.9. The van der Waals surface area contributed by atoms with E-state index < -0.39 is 24.2 Å². The van der Waals surface area contributed by atoms with E-state index in [9.17, 15) is 19.2 Å². The number of likely N-dealkylation sites (tertiary alicyclic amines) is 1. The van der Waals surface area contributed by atoms with Crippen molar-refractivity contribution >= 4 is 29.3 Å². The molecule has 7 unspecified atom stereocenters. The van der Waals surface area contributed by atoms with Gasteiger partial charge < -0.3 is 35.6 Å². The number of rotatable bonds is 19. The number of nitrogen functional groups attached to an aromatic ring is 1. The number of carbonyl (C=O) groups is 4. The Balaban J connectivity index is 2.11. The quantitative estimate of drug-likeness (QED) is 0.190. The highest BCUT2D eigenvalue weighted by molar-refractivity contribution is 5.87. The lowest BCUT2D eigenvalue weighted by Gasteiger charge is -2.39. The Labute approximate surface area is 288 Å². The van der Waals surface area contributed by atoms with Gasteiger partial charge in [0.1, 0.15) is 0 Å². The minimum Gasteiger partial charge on any atom is -0.399 e. The molecule has 0 aromatic heterocycles. The molecule has 1 aromatic rings. The average Bonchev–Trinajstić information content (AvgIpc) is 3.53. The largest absolute Gasteiger partial charge is 0.399 e. The molecule has 1 saturated heterocycles. The standard InChI is InChI=1S/C36H62N6O6/c1-11-24(4)33(41(8)31(44)22-39-36(46)32(23(2)3)40(6)7)29(47-9)21-30(43)42-20-14-17-28(42)34(48-10)25(5)35(45)38-19-18-26-15-12-13-16-27(26)37/h12-13,15-16,23-25,28-29,32-34H,11,14,17-22,37H2,1-10H3,(H,38,45)(H,39,46). The number of nitrogens with zero attached hydrogens (tertiary/aromatic N) is 3. The van der Waals surface area contributed by atoms with E-state index in [0.29, 0.717) is 25.2 Å². The first kappa shape index (κ1) is 41.0. The van der Waals surface area contributed by atoms with Gasteiger partial charge in [0, 0.05) is 40.0 Å². The van der Waals surface area contributed by atoms with Gasteiger partial charge in [-0.25, -0.2) is 0 Å². The molecule has 1 fully saturated rings. The van der Waals surface area contributed by atoms with E-state index in [1.807, 2.05) is 82.8 Å². The summed E-state index contributed by atoms with van der Waals surface area (Å²) in [5.41, 5.74) is 7.72. The molecule has 0 radical (unpaired) electrons. The van der Waals surface area contributed by atoms with Crippen LogP contribution in [-0.4, -0.2) is 124 Å². The number of ether oxygens (including phenoxy) is 2. The van der Waals surface area contributed by atoms with Gasteiger partial charge in [0.05, 0.1) is 49.2 Å². The van der Waals surface area contributed by atoms with E-state index in [4.69, 9.17) is 15.2 Å². The number of nitrogens with two attached hydrogens (primary N) is 1. The highest BCUT2D eigenvalue weighted by Crippen LogP contribution is 2.29. The molecule has 12 heteroatoms. The van der Waals surface area contributed by atoms with Gasteiger partial charge in [-0.1, -0.05) is 59.2 Å². The van der Waals surface area contributed by atoms with Crippen LogP contribution in [0.1, 0.15) is 65.9 Å². The van der Waals surface area contributed by atoms with Crippen LogP contribution in [0.15, 0.2) is 24.3 Å². The molecule has 0 aliphatic carbocycles. The summed E-state index contributed by atoms with van der Waals surface area (Å²) in [6.45, 7) is 10.7. The van der Waals surface area contributed by atoms with E-state index in [0.717, 1.165) is 24.8 Å². The van der Waals surface area contributed by atoms with Gasteiger partial charge >= 0.3 is 0 Å². The van der Waals surface area contributed by atoms with Gasteiger partial charge in [-0.15, -0.1) is 0 Å². The first-order chi connectivity index (χ1) is 22.7. The molecule has 4 N–H and O–H groups in total. The molecule has 7 atom stereocenters. The SMILES string of the molecule is CCC(C)C(C(CC(=O)N1CCCC1C(OC)C(C)C(=O)NCCc1ccccc1N)OC)N(C)C(=O)CNC(=O)C(C(C)C)N(C)C. The summed E-state index contributed by atoms with van der Waals surface area (Å²) < 4.78 is 11.8. The molecule has 4 amide bonds. The van der Waals surface area contributed by atoms with Gasteiger partial charge in [-0.05, 0) is 56.8 Å². The molecule has 1 heterocycles. The second kappa shape index (κ2) is 19.7. The van der Waals surface area contributed by atoms with Crippen molar-refractivity contribution in [3.05, 3.63) is 29.8 Å². The van der Waals surface area contributed by atoms with E-state index in [2.05, 4.69) is 10.6 Å². The summed E-state index contributed by atoms with van der Waals surface area (Å²) in [5, 5.41) is 5.82. The summed E-state index contributed by atoms with van der Waals surface area (Å²) >= 11 is 0. The molecule has 2 rings (SSSR count). The number of methoxy groups -OCH3 is 2. The molecule has 0 spiro atoms. The Kier molecular flexibility index (Phi) is 16.8. The van der Waals surface area contributed by atoms with E-state index in [-0.39, 0.29) is 60.5 Å². The maximum absolute atomic E-state index is 13.9. The first-order valence-electron chi connectivity index (χ1n) is 17.4. The van der Waals surface area contributed by atoms with Crippen LogP contribution in [0.5, 0.6) is 0 Å². The van der Waals surface area contributed by atoms with Gasteiger partial charge in [-0.3, -0.25) is 24.1 Å². The number of hydrogen-bond donors (Lipinski definition) is 3. The fourth-order valence-electron chi connectivity index (χ4n) is 7.09. The summed E-state index contributed by atoms with van der Waals surface area (Å²) in [4.78, 5) is 58.7. The molecule has 1 aromatic carbocycles. The molecule has 1 aliphatic rings. The molecular weight excluding hydrogens is 612 g/mol. The topological polar surface area (TPSA) is 147 Å². The minimum absolute atomic E-state index is 0.0219. The third-order valence-electron chi connectivity index (χ3n) is 9.92. The summed E-state index contributed by atoms with van der Waals surface area (Å²) in [6.07, 6.45) is 1.90. The first-order valence-corrected chi connectivity index (χ1v) is 17.4. The summed E-state index contributed by atoms with van der Waals surface area (Å²) in [7, 11) is 8.54. The Morgan fingerprint density at radius 2 is 1.67 bits per heavy atom. The van der Waals surface area contributed by atoms with E-state index >= 15 is 0 Å². The lowest BCUT2D eigenvalue weighted by atomic mass is 9.90. The Bertz CT molecular complexity index is 1190. The van der Waals surface area contributed by atoms with Crippen molar-refractivity contribution in [2.75, 3.05) is 60.7 Å². The number of hydrogen-bond acceptors (Lipinski definition) is 8. The molecule has 0 saturated carbocycles. The molecule has 1 aliphatic heterocycles. The molecular formula is C36H62N6O6. The van der Waals surface area contributed by atoms with Crippen molar-refractivity contribution < 1.29 is 28.7 Å². The number of amides is 4. The van der Waals surface area contributed by atoms with Crippen molar-refractivity contribution in [2.24, 2.45) is 17.8 Å². The van der Waals surface area contributed by atoms with Crippen LogP contribution in [0.25, 0.3) is 0 Å². The normalized spacial score (nSPS) is 18.6. The monoisotopic (exact) mass is 674 g/mol. The van der Waals surface area contributed by atoms with Gasteiger partial charge in [0.2, 0.25) is 23.6 Å². The molecule has 272 valence electrons. The Morgan fingerprint density at radius 3 is 2.23 bits per heavy atom. The zero-order valence-electron chi connectivity index (χ0n) is 31.0. The van der Waals surface area contributed by atoms with Crippen molar-refractivity contribution in [3.8, 4) is 0 Å². The Morgan fingerprint density at radius 1 is 1.00 bits per heavy atom. The number of anilines is 1. The number of nitrogens with one attached hydrogen (secondary N) is 2. The molecule has 12 nitrogen and oxygen atoms in total. The van der Waals surface area contributed by atoms with Gasteiger partial charge in [0.25, 0.3) is 0 Å². The van der Waals surface area contributed by atoms with Crippen LogP contribution < -0.4 is 16.4 Å². The van der Waals surface area contributed by atoms with E-state index in [1.54, 1.807) is 26.2 Å². The Hall–Kier alpha value is -3.22. The van der Waals surface area contributed by atoms with Crippen LogP contribution in [0.2, 0.25) is 0 Å². The predicted molar refractivity (Wildman–Crippen MR) is 189 cm³/mol. The minimum atomic E-state index is -0.573. The lowest BCUT2D eigenvalue weighted by Crippen LogP contribution is -2.55. The zero-order chi connectivity index (χ0) is 36.1. The predicted octanol–water partition coefficient (Wildman–Crippen LogP) is 2.55. The van der Waals surface area contributed by atoms with Crippen LogP contribution in [0.4, 0.5) is 5.69 Å². The molecule has 0 bridgehead atoms. The van der Waals surface area contributed by atoms with Crippen LogP contribution in [-0.2, 0) is 35.1 Å². The number of carbonyl (C=O) groups excluding carboxylic acids is 4. The van der Waals surface area contributed by atoms with Crippen molar-refractivity contribution in [1.82, 2.24) is 25.3 Å². The lowest BCUT2D eigenvalue weighted by molar-refractivity contribution is -0.145. The highest BCUT2D eigenvalue weighted by Gasteiger charge is 2.42. The second-order valence-corrected chi connectivity index (χ2v) is 13.8. The smallest absolute Gasteiger partial charge is 0.242 e. The fraction of sp³-hybridized carbons (Fsp3) is 0.722. The highest BCUT2D eigenvalue weighted by atomic mass is 16.5. The van der Waals surface area contributed by atoms with Crippen LogP contribution in [0, 0.1) is 17.8 Å². The maximum atomic E-state index is 13.9. The van der Waals surface area contributed by atoms with Crippen LogP contribution >= 0.6 is 0 Å². The third-order valence-corrected chi connectivity index (χ3v) is 9.92. The summed E-state index contributed by atoms with van der Waals surface area (Å²) in [5.74, 6) is -1.09. The number of para-hydroxylation sites is 1. The van der Waals surface area contributed by atoms with Crippen molar-refractivity contribution in [2.45, 2.75) is 97.1 Å². The average molecular weight is 675 g/mol. The second-order valence-electron chi connectivity index (χ2n) is 13.8. The number of benzene rings is 1. The van der Waals surface area contributed by atoms with Crippen molar-refractivity contribution in [3.63, 3.8) is 0 Å². The maximum Gasteiger partial charge on any atom is 0.242 e. The van der Waals surface area contributed by atoms with Gasteiger partial charge in [0.15, 0.2) is 0 Å². The van der Waals surface area contributed by atoms with Crippen molar-refractivity contribution in [1.29, 1.82) is 0 Å². The molecule has 48 heavy (non-hydrogen) atoms.